The molecular formula is C5H7ClFNO2. The molecule has 0 aromatic carbocycles. The van der Waals surface area contributed by atoms with Crippen molar-refractivity contribution in [2.45, 2.75) is 0 Å². The minimum absolute atomic E-state index is 0.00319. The number of hydrogen-bond acceptors (Lipinski definition) is 1. The molecule has 10 heavy (non-hydrogen) atoms. The molecule has 2 N–H and O–H groups in total. The second-order valence-corrected chi connectivity index (χ2v) is 1.83. The van der Waals surface area contributed by atoms with E-state index in [1.54, 1.807) is 0 Å². The van der Waals surface area contributed by atoms with Crippen LogP contribution in [0, 0.1) is 0 Å². The van der Waals surface area contributed by atoms with Crippen molar-refractivity contribution in [1.82, 2.24) is 5.32 Å². The zero-order chi connectivity index (χ0) is 7.98. The molecule has 0 radical (unpaired) electrons. The van der Waals surface area contributed by atoms with Gasteiger partial charge in [0.2, 0.25) is 0 Å². The second kappa shape index (κ2) is 5.05. The van der Waals surface area contributed by atoms with E-state index in [4.69, 9.17) is 16.7 Å². The number of amides is 1. The Labute approximate surface area is 62.5 Å². The molecule has 0 bridgehead atoms. The fourth-order valence-electron chi connectivity index (χ4n) is 0.304. The van der Waals surface area contributed by atoms with Crippen LogP contribution < -0.4 is 5.32 Å². The summed E-state index contributed by atoms with van der Waals surface area (Å²) in [5.41, 5.74) is 0.212. The van der Waals surface area contributed by atoms with Gasteiger partial charge in [-0.15, -0.1) is 11.6 Å². The summed E-state index contributed by atoms with van der Waals surface area (Å²) in [4.78, 5) is 9.83. The summed E-state index contributed by atoms with van der Waals surface area (Å²) in [7, 11) is 0. The lowest BCUT2D eigenvalue weighted by atomic mass is 10.3. The van der Waals surface area contributed by atoms with Gasteiger partial charge in [0.1, 0.15) is 0 Å². The lowest BCUT2D eigenvalue weighted by Crippen LogP contribution is -2.23. The number of carboxylic acid groups (broad SMARTS) is 1. The van der Waals surface area contributed by atoms with E-state index in [0.717, 1.165) is 0 Å². The fraction of sp³-hybridized carbons (Fsp3) is 0.400. The number of alkyl halides is 1. The molecule has 0 unspecified atom stereocenters. The third-order valence-corrected chi connectivity index (χ3v) is 1.14. The predicted molar refractivity (Wildman–Crippen MR) is 35.9 cm³/mol. The van der Waals surface area contributed by atoms with E-state index in [1.807, 2.05) is 5.32 Å². The average Bonchev–Trinajstić information content (AvgIpc) is 1.90. The maximum atomic E-state index is 11.6. The highest BCUT2D eigenvalue weighted by Gasteiger charge is 1.97. The quantitative estimate of drug-likeness (QED) is 0.624. The first kappa shape index (κ1) is 9.23. The molecule has 0 aromatic heterocycles. The van der Waals surface area contributed by atoms with Gasteiger partial charge in [0.15, 0.2) is 0 Å². The minimum Gasteiger partial charge on any atom is -0.465 e. The Hall–Kier alpha value is -0.770. The van der Waals surface area contributed by atoms with Crippen LogP contribution in [0.2, 0.25) is 0 Å². The number of halogens is 2. The largest absolute Gasteiger partial charge is 0.465 e. The van der Waals surface area contributed by atoms with Crippen LogP contribution >= 0.6 is 11.6 Å². The van der Waals surface area contributed by atoms with Gasteiger partial charge in [-0.25, -0.2) is 9.18 Å². The molecule has 0 rings (SSSR count). The third kappa shape index (κ3) is 4.14. The smallest absolute Gasteiger partial charge is 0.404 e. The molecule has 5 heteroatoms. The zero-order valence-electron chi connectivity index (χ0n) is 5.10. The van der Waals surface area contributed by atoms with E-state index in [1.165, 1.54) is 0 Å². The van der Waals surface area contributed by atoms with Crippen LogP contribution in [-0.4, -0.2) is 23.6 Å². The van der Waals surface area contributed by atoms with E-state index in [9.17, 15) is 9.18 Å². The Bertz CT molecular complexity index is 149. The van der Waals surface area contributed by atoms with Gasteiger partial charge in [-0.1, -0.05) is 0 Å². The highest BCUT2D eigenvalue weighted by Crippen LogP contribution is 1.95. The lowest BCUT2D eigenvalue weighted by Gasteiger charge is -1.99. The molecule has 0 fully saturated rings. The lowest BCUT2D eigenvalue weighted by molar-refractivity contribution is 0.195. The van der Waals surface area contributed by atoms with Gasteiger partial charge in [0.05, 0.1) is 6.33 Å². The highest BCUT2D eigenvalue weighted by atomic mass is 35.5. The van der Waals surface area contributed by atoms with Gasteiger partial charge in [0.25, 0.3) is 0 Å². The molecule has 0 spiro atoms. The monoisotopic (exact) mass is 167 g/mol. The van der Waals surface area contributed by atoms with Crippen LogP contribution in [0.5, 0.6) is 0 Å². The van der Waals surface area contributed by atoms with Crippen LogP contribution in [0.4, 0.5) is 9.18 Å². The Morgan fingerprint density at radius 1 is 1.80 bits per heavy atom. The van der Waals surface area contributed by atoms with Crippen LogP contribution in [0.3, 0.4) is 0 Å². The molecule has 0 aliphatic carbocycles. The van der Waals surface area contributed by atoms with Crippen molar-refractivity contribution >= 4 is 17.7 Å². The van der Waals surface area contributed by atoms with E-state index >= 15 is 0 Å². The van der Waals surface area contributed by atoms with Crippen molar-refractivity contribution < 1.29 is 14.3 Å². The van der Waals surface area contributed by atoms with Gasteiger partial charge in [-0.05, 0) is 5.57 Å². The van der Waals surface area contributed by atoms with Crippen LogP contribution in [0.1, 0.15) is 0 Å². The van der Waals surface area contributed by atoms with Crippen molar-refractivity contribution in [3.63, 3.8) is 0 Å². The third-order valence-electron chi connectivity index (χ3n) is 0.793. The van der Waals surface area contributed by atoms with E-state index in [0.29, 0.717) is 6.33 Å². The molecule has 3 nitrogen and oxygen atoms in total. The summed E-state index contributed by atoms with van der Waals surface area (Å²) in [6.07, 6.45) is -0.896. The summed E-state index contributed by atoms with van der Waals surface area (Å²) in [6, 6.07) is 0. The van der Waals surface area contributed by atoms with E-state index < -0.39 is 6.09 Å². The zero-order valence-corrected chi connectivity index (χ0v) is 5.86. The first-order valence-electron chi connectivity index (χ1n) is 2.51. The Balaban J connectivity index is 3.56. The van der Waals surface area contributed by atoms with Gasteiger partial charge < -0.3 is 10.4 Å². The van der Waals surface area contributed by atoms with Crippen molar-refractivity contribution in [1.29, 1.82) is 0 Å². The van der Waals surface area contributed by atoms with Crippen LogP contribution in [0.25, 0.3) is 0 Å². The molecule has 0 saturated carbocycles. The first-order chi connectivity index (χ1) is 4.70. The molecule has 0 heterocycles. The van der Waals surface area contributed by atoms with Crippen molar-refractivity contribution in [2.24, 2.45) is 0 Å². The maximum absolute atomic E-state index is 11.6. The van der Waals surface area contributed by atoms with Gasteiger partial charge in [-0.2, -0.15) is 0 Å². The Morgan fingerprint density at radius 2 is 2.40 bits per heavy atom. The average molecular weight is 168 g/mol. The standard InChI is InChI=1S/C5H7ClFNO2/c6-1-4(2-7)3-8-5(9)10/h2,8H,1,3H2,(H,9,10)/b4-2+. The maximum Gasteiger partial charge on any atom is 0.404 e. The van der Waals surface area contributed by atoms with Crippen molar-refractivity contribution in [2.75, 3.05) is 12.4 Å². The Kier molecular flexibility index (Phi) is 4.66. The summed E-state index contributed by atoms with van der Waals surface area (Å²) in [5.74, 6) is -0.00319. The van der Waals surface area contributed by atoms with Crippen LogP contribution in [-0.2, 0) is 0 Å². The first-order valence-corrected chi connectivity index (χ1v) is 3.05. The molecule has 0 aromatic rings. The molecule has 0 aliphatic heterocycles. The van der Waals surface area contributed by atoms with Crippen LogP contribution in [0.15, 0.2) is 11.9 Å². The van der Waals surface area contributed by atoms with Gasteiger partial charge in [0, 0.05) is 12.4 Å². The summed E-state index contributed by atoms with van der Waals surface area (Å²) in [5, 5.41) is 10.0. The second-order valence-electron chi connectivity index (χ2n) is 1.56. The Morgan fingerprint density at radius 3 is 2.70 bits per heavy atom. The topological polar surface area (TPSA) is 49.3 Å². The summed E-state index contributed by atoms with van der Waals surface area (Å²) >= 11 is 5.21. The van der Waals surface area contributed by atoms with Crippen molar-refractivity contribution in [3.8, 4) is 0 Å². The molecular weight excluding hydrogens is 161 g/mol. The number of rotatable bonds is 3. The molecule has 58 valence electrons. The van der Waals surface area contributed by atoms with E-state index in [-0.39, 0.29) is 18.0 Å². The highest BCUT2D eigenvalue weighted by molar-refractivity contribution is 6.19. The summed E-state index contributed by atoms with van der Waals surface area (Å²) < 4.78 is 11.6. The summed E-state index contributed by atoms with van der Waals surface area (Å²) in [6.45, 7) is -0.0602. The normalized spacial score (nSPS) is 11.2. The molecule has 1 amide bonds. The van der Waals surface area contributed by atoms with Gasteiger partial charge >= 0.3 is 6.09 Å². The molecule has 0 atom stereocenters. The fourth-order valence-corrected chi connectivity index (χ4v) is 0.457. The number of carbonyl (C=O) groups is 1. The van der Waals surface area contributed by atoms with Gasteiger partial charge in [-0.3, -0.25) is 0 Å². The SMILES string of the molecule is O=C(O)NC/C(=C/F)CCl. The number of nitrogens with one attached hydrogen (secondary N) is 1. The number of hydrogen-bond donors (Lipinski definition) is 2. The van der Waals surface area contributed by atoms with Crippen molar-refractivity contribution in [3.05, 3.63) is 11.9 Å². The van der Waals surface area contributed by atoms with E-state index in [2.05, 4.69) is 0 Å². The minimum atomic E-state index is -1.19. The molecule has 0 aliphatic rings. The molecule has 0 saturated heterocycles. The predicted octanol–water partition coefficient (Wildman–Crippen LogP) is 1.35.